The van der Waals surface area contributed by atoms with Gasteiger partial charge in [-0.05, 0) is 83.4 Å². The number of aromatic nitrogens is 4. The molecule has 3 aromatic heterocycles. The standard InChI is InChI=1S/C47H31N5S2/c1-30-18-21-36(29-38(30)44-37-16-9-8-11-31(37)24-25-48-44)52-39-22-19-34(41-17-10-26-53-41)27-42(39)54-43-28-35(20-23-40(43)52)47-50-45(32-12-4-2-5-13-32)49-46(51-47)33-14-6-3-7-15-33/h2-29H,1H3. The van der Waals surface area contributed by atoms with Gasteiger partial charge in [-0.15, -0.1) is 11.3 Å². The van der Waals surface area contributed by atoms with Crippen LogP contribution in [-0.4, -0.2) is 19.9 Å². The molecule has 54 heavy (non-hydrogen) atoms. The van der Waals surface area contributed by atoms with E-state index in [4.69, 9.17) is 19.9 Å². The molecule has 9 aromatic rings. The molecule has 0 fully saturated rings. The molecular formula is C47H31N5S2. The molecule has 6 aromatic carbocycles. The van der Waals surface area contributed by atoms with Crippen LogP contribution >= 0.6 is 23.1 Å². The van der Waals surface area contributed by atoms with E-state index in [9.17, 15) is 0 Å². The van der Waals surface area contributed by atoms with E-state index in [-0.39, 0.29) is 0 Å². The van der Waals surface area contributed by atoms with Crippen LogP contribution < -0.4 is 4.90 Å². The number of hydrogen-bond acceptors (Lipinski definition) is 7. The molecule has 1 aliphatic rings. The van der Waals surface area contributed by atoms with Crippen LogP contribution in [0.5, 0.6) is 0 Å². The highest BCUT2D eigenvalue weighted by molar-refractivity contribution is 7.99. The van der Waals surface area contributed by atoms with Gasteiger partial charge in [-0.3, -0.25) is 4.98 Å². The number of fused-ring (bicyclic) bond motifs is 3. The quantitative estimate of drug-likeness (QED) is 0.170. The average Bonchev–Trinajstić information content (AvgIpc) is 3.79. The third kappa shape index (κ3) is 5.84. The Morgan fingerprint density at radius 1 is 0.519 bits per heavy atom. The van der Waals surface area contributed by atoms with Crippen LogP contribution in [0.1, 0.15) is 5.56 Å². The molecule has 0 saturated heterocycles. The molecule has 0 radical (unpaired) electrons. The predicted octanol–water partition coefficient (Wildman–Crippen LogP) is 13.1. The minimum Gasteiger partial charge on any atom is -0.308 e. The van der Waals surface area contributed by atoms with Gasteiger partial charge in [0.05, 0.1) is 17.1 Å². The lowest BCUT2D eigenvalue weighted by molar-refractivity contribution is 1.07. The highest BCUT2D eigenvalue weighted by Gasteiger charge is 2.27. The zero-order valence-electron chi connectivity index (χ0n) is 29.2. The van der Waals surface area contributed by atoms with E-state index in [2.05, 4.69) is 114 Å². The Balaban J connectivity index is 1.14. The summed E-state index contributed by atoms with van der Waals surface area (Å²) in [7, 11) is 0. The van der Waals surface area contributed by atoms with E-state index in [1.54, 1.807) is 23.1 Å². The van der Waals surface area contributed by atoms with Gasteiger partial charge in [0.25, 0.3) is 0 Å². The van der Waals surface area contributed by atoms with E-state index in [1.165, 1.54) is 26.3 Å². The van der Waals surface area contributed by atoms with Crippen LogP contribution in [0.25, 0.3) is 66.6 Å². The van der Waals surface area contributed by atoms with Crippen LogP contribution in [0.3, 0.4) is 0 Å². The van der Waals surface area contributed by atoms with E-state index >= 15 is 0 Å². The van der Waals surface area contributed by atoms with E-state index in [0.717, 1.165) is 55.3 Å². The first-order valence-electron chi connectivity index (χ1n) is 17.8. The number of pyridine rings is 1. The monoisotopic (exact) mass is 729 g/mol. The summed E-state index contributed by atoms with van der Waals surface area (Å²) in [6, 6.07) is 55.2. The van der Waals surface area contributed by atoms with Crippen LogP contribution in [0.15, 0.2) is 179 Å². The molecule has 0 amide bonds. The molecule has 0 N–H and O–H groups in total. The number of thiophene rings is 1. The predicted molar refractivity (Wildman–Crippen MR) is 224 cm³/mol. The van der Waals surface area contributed by atoms with Crippen molar-refractivity contribution in [1.82, 2.24) is 19.9 Å². The average molecular weight is 730 g/mol. The fraction of sp³-hybridized carbons (Fsp3) is 0.0213. The molecule has 10 rings (SSSR count). The van der Waals surface area contributed by atoms with Gasteiger partial charge in [-0.1, -0.05) is 115 Å². The summed E-state index contributed by atoms with van der Waals surface area (Å²) in [4.78, 5) is 25.9. The van der Waals surface area contributed by atoms with Crippen molar-refractivity contribution >= 4 is 50.9 Å². The van der Waals surface area contributed by atoms with E-state index in [1.807, 2.05) is 66.9 Å². The lowest BCUT2D eigenvalue weighted by Gasteiger charge is -2.34. The van der Waals surface area contributed by atoms with Gasteiger partial charge in [-0.25, -0.2) is 15.0 Å². The summed E-state index contributed by atoms with van der Waals surface area (Å²) in [5, 5.41) is 4.45. The van der Waals surface area contributed by atoms with Crippen molar-refractivity contribution in [3.05, 3.63) is 175 Å². The van der Waals surface area contributed by atoms with E-state index < -0.39 is 0 Å². The van der Waals surface area contributed by atoms with Crippen molar-refractivity contribution in [2.45, 2.75) is 16.7 Å². The second-order valence-electron chi connectivity index (χ2n) is 13.2. The first kappa shape index (κ1) is 32.3. The second-order valence-corrected chi connectivity index (χ2v) is 15.2. The fourth-order valence-corrected chi connectivity index (χ4v) is 8.96. The number of nitrogens with zero attached hydrogens (tertiary/aromatic N) is 5. The Labute approximate surface area is 321 Å². The van der Waals surface area contributed by atoms with Gasteiger partial charge in [0, 0.05) is 54.2 Å². The summed E-state index contributed by atoms with van der Waals surface area (Å²) in [6.45, 7) is 2.16. The molecule has 4 heterocycles. The lowest BCUT2D eigenvalue weighted by Crippen LogP contribution is -2.15. The number of benzene rings is 6. The molecule has 1 aliphatic heterocycles. The highest BCUT2D eigenvalue weighted by atomic mass is 32.2. The molecular weight excluding hydrogens is 699 g/mol. The minimum atomic E-state index is 0.635. The summed E-state index contributed by atoms with van der Waals surface area (Å²) >= 11 is 3.55. The molecule has 0 atom stereocenters. The molecule has 5 nitrogen and oxygen atoms in total. The van der Waals surface area contributed by atoms with Crippen molar-refractivity contribution < 1.29 is 0 Å². The summed E-state index contributed by atoms with van der Waals surface area (Å²) in [6.07, 6.45) is 1.91. The summed E-state index contributed by atoms with van der Waals surface area (Å²) in [5.74, 6) is 1.92. The van der Waals surface area contributed by atoms with Crippen LogP contribution in [0.4, 0.5) is 17.1 Å². The van der Waals surface area contributed by atoms with E-state index in [0.29, 0.717) is 17.5 Å². The topological polar surface area (TPSA) is 54.8 Å². The molecule has 7 heteroatoms. The minimum absolute atomic E-state index is 0.635. The fourth-order valence-electron chi connectivity index (χ4n) is 7.10. The zero-order chi connectivity index (χ0) is 36.0. The van der Waals surface area contributed by atoms with Gasteiger partial charge in [0.15, 0.2) is 17.5 Å². The summed E-state index contributed by atoms with van der Waals surface area (Å²) in [5.41, 5.74) is 10.6. The van der Waals surface area contributed by atoms with Gasteiger partial charge in [0.2, 0.25) is 0 Å². The maximum absolute atomic E-state index is 5.05. The third-order valence-electron chi connectivity index (χ3n) is 9.79. The number of hydrogen-bond donors (Lipinski definition) is 0. The Morgan fingerprint density at radius 2 is 1.15 bits per heavy atom. The molecule has 0 bridgehead atoms. The first-order valence-corrected chi connectivity index (χ1v) is 19.5. The van der Waals surface area contributed by atoms with Crippen LogP contribution in [-0.2, 0) is 0 Å². The molecule has 0 spiro atoms. The van der Waals surface area contributed by atoms with Gasteiger partial charge >= 0.3 is 0 Å². The maximum Gasteiger partial charge on any atom is 0.164 e. The number of anilines is 3. The van der Waals surface area contributed by atoms with Crippen molar-refractivity contribution in [3.63, 3.8) is 0 Å². The van der Waals surface area contributed by atoms with Gasteiger partial charge in [0.1, 0.15) is 0 Å². The van der Waals surface area contributed by atoms with Crippen molar-refractivity contribution in [2.24, 2.45) is 0 Å². The lowest BCUT2D eigenvalue weighted by atomic mass is 9.98. The third-order valence-corrected chi connectivity index (χ3v) is 11.8. The van der Waals surface area contributed by atoms with Crippen LogP contribution in [0, 0.1) is 6.92 Å². The molecule has 0 unspecified atom stereocenters. The second kappa shape index (κ2) is 13.5. The Morgan fingerprint density at radius 3 is 1.83 bits per heavy atom. The van der Waals surface area contributed by atoms with Crippen molar-refractivity contribution in [1.29, 1.82) is 0 Å². The largest absolute Gasteiger partial charge is 0.308 e. The molecule has 256 valence electrons. The normalized spacial score (nSPS) is 12.1. The number of aryl methyl sites for hydroxylation is 1. The van der Waals surface area contributed by atoms with Crippen molar-refractivity contribution in [2.75, 3.05) is 4.90 Å². The SMILES string of the molecule is Cc1ccc(N2c3ccc(-c4nc(-c5ccccc5)nc(-c5ccccc5)n4)cc3Sc3cc(-c4cccs4)ccc32)cc1-c1nccc2ccccc12. The maximum atomic E-state index is 5.05. The van der Waals surface area contributed by atoms with Crippen LogP contribution in [0.2, 0.25) is 0 Å². The van der Waals surface area contributed by atoms with Gasteiger partial charge in [-0.2, -0.15) is 0 Å². The van der Waals surface area contributed by atoms with Crippen molar-refractivity contribution in [3.8, 4) is 55.9 Å². The highest BCUT2D eigenvalue weighted by Crippen LogP contribution is 2.53. The smallest absolute Gasteiger partial charge is 0.164 e. The zero-order valence-corrected chi connectivity index (χ0v) is 30.9. The van der Waals surface area contributed by atoms with Gasteiger partial charge < -0.3 is 4.90 Å². The molecule has 0 aliphatic carbocycles. The molecule has 0 saturated carbocycles. The number of rotatable bonds is 6. The Bertz CT molecular complexity index is 2760. The first-order chi connectivity index (χ1) is 26.7. The Hall–Kier alpha value is -6.41. The summed E-state index contributed by atoms with van der Waals surface area (Å²) < 4.78 is 0. The Kier molecular flexibility index (Phi) is 8.08.